The van der Waals surface area contributed by atoms with Crippen LogP contribution in [0.5, 0.6) is 0 Å². The normalized spacial score (nSPS) is 8.12. The van der Waals surface area contributed by atoms with Crippen molar-refractivity contribution in [2.75, 3.05) is 6.54 Å². The molecule has 0 spiro atoms. The van der Waals surface area contributed by atoms with Crippen LogP contribution in [0.15, 0.2) is 12.7 Å². The molecule has 0 aromatic rings. The first-order valence-corrected chi connectivity index (χ1v) is 1.96. The van der Waals surface area contributed by atoms with E-state index in [4.69, 9.17) is 5.84 Å². The van der Waals surface area contributed by atoms with E-state index in [2.05, 4.69) is 6.58 Å². The minimum atomic E-state index is -0.707. The van der Waals surface area contributed by atoms with Crippen LogP contribution in [-0.4, -0.2) is 16.7 Å². The van der Waals surface area contributed by atoms with Gasteiger partial charge < -0.3 is 0 Å². The van der Waals surface area contributed by atoms with Gasteiger partial charge in [0, 0.05) is 0 Å². The van der Waals surface area contributed by atoms with Gasteiger partial charge in [-0.3, -0.25) is 0 Å². The second-order valence-corrected chi connectivity index (χ2v) is 1.15. The molecule has 0 amide bonds. The average Bonchev–Trinajstić information content (AvgIpc) is 1.67. The molecule has 8 heavy (non-hydrogen) atoms. The van der Waals surface area contributed by atoms with Crippen LogP contribution in [0.2, 0.25) is 0 Å². The maximum atomic E-state index is 9.65. The molecule has 0 saturated heterocycles. The Morgan fingerprint density at radius 1 is 2.00 bits per heavy atom. The lowest BCUT2D eigenvalue weighted by Gasteiger charge is -2.01. The monoisotopic (exact) mass is 117 g/mol. The first kappa shape index (κ1) is 6.90. The molecule has 0 atom stereocenters. The van der Waals surface area contributed by atoms with Crippen LogP contribution in [0.1, 0.15) is 0 Å². The van der Waals surface area contributed by atoms with Gasteiger partial charge in [0.1, 0.15) is 6.54 Å². The maximum Gasteiger partial charge on any atom is 0.176 e. The highest BCUT2D eigenvalue weighted by molar-refractivity contribution is 4.66. The Morgan fingerprint density at radius 3 is 2.62 bits per heavy atom. The van der Waals surface area contributed by atoms with Gasteiger partial charge >= 0.3 is 0 Å². The van der Waals surface area contributed by atoms with Crippen molar-refractivity contribution in [1.82, 2.24) is 5.12 Å². The van der Waals surface area contributed by atoms with Crippen molar-refractivity contribution in [3.63, 3.8) is 0 Å². The molecule has 0 fully saturated rings. The summed E-state index contributed by atoms with van der Waals surface area (Å²) < 4.78 is 0. The van der Waals surface area contributed by atoms with Gasteiger partial charge in [-0.25, -0.2) is 10.1 Å². The predicted molar refractivity (Wildman–Crippen MR) is 28.1 cm³/mol. The molecule has 0 heterocycles. The molecule has 0 aromatic carbocycles. The highest BCUT2D eigenvalue weighted by Gasteiger charge is 2.01. The van der Waals surface area contributed by atoms with Crippen LogP contribution in [0.4, 0.5) is 0 Å². The van der Waals surface area contributed by atoms with Crippen LogP contribution in [0.25, 0.3) is 0 Å². The van der Waals surface area contributed by atoms with Crippen molar-refractivity contribution in [2.24, 2.45) is 5.84 Å². The molecule has 0 unspecified atom stereocenters. The van der Waals surface area contributed by atoms with Gasteiger partial charge in [-0.15, -0.1) is 6.58 Å². The first-order valence-electron chi connectivity index (χ1n) is 1.96. The quantitative estimate of drug-likeness (QED) is 0.235. The minimum absolute atomic E-state index is 0.0625. The summed E-state index contributed by atoms with van der Waals surface area (Å²) in [6.45, 7) is 3.32. The Morgan fingerprint density at radius 2 is 2.50 bits per heavy atom. The average molecular weight is 117 g/mol. The van der Waals surface area contributed by atoms with Gasteiger partial charge in [-0.2, -0.15) is 5.84 Å². The summed E-state index contributed by atoms with van der Waals surface area (Å²) in [5, 5.41) is 9.39. The minimum Gasteiger partial charge on any atom is -0.233 e. The lowest BCUT2D eigenvalue weighted by molar-refractivity contribution is -0.656. The zero-order chi connectivity index (χ0) is 6.57. The summed E-state index contributed by atoms with van der Waals surface area (Å²) in [6, 6.07) is 0. The van der Waals surface area contributed by atoms with Gasteiger partial charge in [0.2, 0.25) is 0 Å². The molecule has 5 nitrogen and oxygen atoms in total. The molecule has 0 aliphatic rings. The fourth-order valence-corrected chi connectivity index (χ4v) is 0.199. The van der Waals surface area contributed by atoms with E-state index in [1.807, 2.05) is 0 Å². The third-order valence-electron chi connectivity index (χ3n) is 0.526. The largest absolute Gasteiger partial charge is 0.233 e. The van der Waals surface area contributed by atoms with E-state index in [0.29, 0.717) is 5.12 Å². The Labute approximate surface area is 46.5 Å². The standard InChI is InChI=1S/C3H7N3O2/c1-2-3-5(4)6(7)8/h2H,1,3-4H2. The summed E-state index contributed by atoms with van der Waals surface area (Å²) in [7, 11) is 0. The van der Waals surface area contributed by atoms with E-state index in [9.17, 15) is 10.1 Å². The van der Waals surface area contributed by atoms with E-state index in [1.165, 1.54) is 6.08 Å². The van der Waals surface area contributed by atoms with E-state index >= 15 is 0 Å². The van der Waals surface area contributed by atoms with E-state index < -0.39 is 5.03 Å². The Bertz CT molecular complexity index is 103. The van der Waals surface area contributed by atoms with Crippen LogP contribution in [0.3, 0.4) is 0 Å². The summed E-state index contributed by atoms with van der Waals surface area (Å²) in [4.78, 5) is 9.65. The van der Waals surface area contributed by atoms with Crippen molar-refractivity contribution in [3.8, 4) is 0 Å². The molecular formula is C3H7N3O2. The van der Waals surface area contributed by atoms with Gasteiger partial charge in [0.25, 0.3) is 0 Å². The SMILES string of the molecule is C=CCN(N)[N+](=O)[O-]. The van der Waals surface area contributed by atoms with E-state index in [1.54, 1.807) is 0 Å². The molecule has 0 aliphatic carbocycles. The number of nitrogens with two attached hydrogens (primary N) is 1. The van der Waals surface area contributed by atoms with Crippen molar-refractivity contribution in [2.45, 2.75) is 0 Å². The second kappa shape index (κ2) is 2.98. The van der Waals surface area contributed by atoms with Gasteiger partial charge in [0.15, 0.2) is 5.03 Å². The summed E-state index contributed by atoms with van der Waals surface area (Å²) >= 11 is 0. The van der Waals surface area contributed by atoms with Crippen molar-refractivity contribution in [1.29, 1.82) is 0 Å². The molecule has 0 rings (SSSR count). The summed E-state index contributed by atoms with van der Waals surface area (Å²) in [6.07, 6.45) is 1.35. The summed E-state index contributed by atoms with van der Waals surface area (Å²) in [5.41, 5.74) is 0. The fourth-order valence-electron chi connectivity index (χ4n) is 0.199. The van der Waals surface area contributed by atoms with Gasteiger partial charge in [0.05, 0.1) is 0 Å². The van der Waals surface area contributed by atoms with Crippen molar-refractivity contribution < 1.29 is 5.03 Å². The van der Waals surface area contributed by atoms with Gasteiger partial charge in [-0.1, -0.05) is 11.2 Å². The number of nitrogens with zero attached hydrogens (tertiary/aromatic N) is 2. The predicted octanol–water partition coefficient (Wildman–Crippen LogP) is -0.460. The fraction of sp³-hybridized carbons (Fsp3) is 0.333. The van der Waals surface area contributed by atoms with E-state index in [0.717, 1.165) is 0 Å². The van der Waals surface area contributed by atoms with Crippen LogP contribution < -0.4 is 5.84 Å². The zero-order valence-electron chi connectivity index (χ0n) is 4.28. The molecule has 46 valence electrons. The number of nitro groups is 1. The first-order chi connectivity index (χ1) is 3.68. The van der Waals surface area contributed by atoms with Crippen molar-refractivity contribution >= 4 is 0 Å². The molecule has 2 N–H and O–H groups in total. The number of hydrogen-bond acceptors (Lipinski definition) is 3. The third-order valence-corrected chi connectivity index (χ3v) is 0.526. The van der Waals surface area contributed by atoms with Gasteiger partial charge in [-0.05, 0) is 0 Å². The topological polar surface area (TPSA) is 72.4 Å². The van der Waals surface area contributed by atoms with Crippen molar-refractivity contribution in [3.05, 3.63) is 22.8 Å². The Kier molecular flexibility index (Phi) is 2.57. The van der Waals surface area contributed by atoms with Crippen LogP contribution in [0, 0.1) is 10.1 Å². The van der Waals surface area contributed by atoms with Crippen LogP contribution in [-0.2, 0) is 0 Å². The summed E-state index contributed by atoms with van der Waals surface area (Å²) in [5.74, 6) is 4.79. The molecule has 0 aliphatic heterocycles. The molecule has 0 aromatic heterocycles. The molecule has 0 saturated carbocycles. The van der Waals surface area contributed by atoms with E-state index in [-0.39, 0.29) is 6.54 Å². The highest BCUT2D eigenvalue weighted by Crippen LogP contribution is 1.74. The lowest BCUT2D eigenvalue weighted by Crippen LogP contribution is -2.36. The third kappa shape index (κ3) is 2.14. The van der Waals surface area contributed by atoms with Crippen LogP contribution >= 0.6 is 0 Å². The Hall–Kier alpha value is -1.10. The number of rotatable bonds is 3. The molecule has 0 radical (unpaired) electrons. The molecule has 5 heteroatoms. The number of hydrazine groups is 2. The smallest absolute Gasteiger partial charge is 0.176 e. The Balaban J connectivity index is 3.46. The number of hydrogen-bond donors (Lipinski definition) is 1. The maximum absolute atomic E-state index is 9.65. The second-order valence-electron chi connectivity index (χ2n) is 1.15. The zero-order valence-corrected chi connectivity index (χ0v) is 4.28. The molecular weight excluding hydrogens is 110 g/mol. The highest BCUT2D eigenvalue weighted by atomic mass is 16.7. The molecule has 0 bridgehead atoms. The lowest BCUT2D eigenvalue weighted by atomic mass is 10.6.